The van der Waals surface area contributed by atoms with E-state index < -0.39 is 0 Å². The van der Waals surface area contributed by atoms with Crippen molar-refractivity contribution in [3.8, 4) is 0 Å². The minimum absolute atomic E-state index is 0.0983. The number of carbonyl (C=O) groups excluding carboxylic acids is 1. The Morgan fingerprint density at radius 3 is 1.94 bits per heavy atom. The average Bonchev–Trinajstić information content (AvgIpc) is 2.76. The summed E-state index contributed by atoms with van der Waals surface area (Å²) in [5.41, 5.74) is 2.07. The Bertz CT molecular complexity index is 255. The fourth-order valence-electron chi connectivity index (χ4n) is 1.16. The number of nitrogens with one attached hydrogen (secondary N) is 1. The van der Waals surface area contributed by atoms with Gasteiger partial charge in [0, 0.05) is 5.69 Å². The fourth-order valence-corrected chi connectivity index (χ4v) is 1.16. The van der Waals surface area contributed by atoms with Gasteiger partial charge in [-0.15, -0.1) is 0 Å². The van der Waals surface area contributed by atoms with Crippen LogP contribution in [-0.4, -0.2) is 5.91 Å². The number of hydrogen-bond acceptors (Lipinski definition) is 1. The van der Waals surface area contributed by atoms with Gasteiger partial charge in [0.15, 0.2) is 0 Å². The number of amides is 1. The van der Waals surface area contributed by atoms with E-state index in [0.717, 1.165) is 11.3 Å². The summed E-state index contributed by atoms with van der Waals surface area (Å²) >= 11 is 0. The van der Waals surface area contributed by atoms with Gasteiger partial charge in [-0.25, -0.2) is 0 Å². The van der Waals surface area contributed by atoms with Crippen molar-refractivity contribution in [3.63, 3.8) is 0 Å². The largest absolute Gasteiger partial charge is 0.326 e. The molecule has 0 aliphatic carbocycles. The van der Waals surface area contributed by atoms with Gasteiger partial charge in [-0.3, -0.25) is 4.79 Å². The molecule has 2 nitrogen and oxygen atoms in total. The Hall–Kier alpha value is -1.31. The Morgan fingerprint density at radius 1 is 0.938 bits per heavy atom. The molecule has 1 heterocycles. The van der Waals surface area contributed by atoms with E-state index in [4.69, 9.17) is 0 Å². The van der Waals surface area contributed by atoms with Gasteiger partial charge in [-0.2, -0.15) is 0 Å². The lowest BCUT2D eigenvalue weighted by Gasteiger charge is -1.93. The monoisotopic (exact) mass is 223 g/mol. The molecule has 16 heavy (non-hydrogen) atoms. The van der Waals surface area contributed by atoms with E-state index in [-0.39, 0.29) is 5.91 Å². The van der Waals surface area contributed by atoms with Crippen LogP contribution in [0.25, 0.3) is 0 Å². The van der Waals surface area contributed by atoms with Gasteiger partial charge in [0.1, 0.15) is 0 Å². The van der Waals surface area contributed by atoms with Gasteiger partial charge in [-0.1, -0.05) is 59.7 Å². The molecule has 0 saturated carbocycles. The molecule has 0 radical (unpaired) electrons. The third kappa shape index (κ3) is 5.54. The first-order valence-corrected chi connectivity index (χ1v) is 6.24. The normalized spacial score (nSPS) is 10.2. The second-order valence-corrected chi connectivity index (χ2v) is 2.38. The third-order valence-electron chi connectivity index (χ3n) is 1.64. The van der Waals surface area contributed by atoms with Gasteiger partial charge in [0.2, 0.25) is 5.91 Å². The van der Waals surface area contributed by atoms with Crippen molar-refractivity contribution in [2.45, 2.75) is 48.0 Å². The van der Waals surface area contributed by atoms with Crippen LogP contribution in [0.2, 0.25) is 0 Å². The lowest BCUT2D eigenvalue weighted by Crippen LogP contribution is -2.03. The third-order valence-corrected chi connectivity index (χ3v) is 1.64. The van der Waals surface area contributed by atoms with E-state index in [2.05, 4.69) is 5.32 Å². The molecular weight excluding hydrogens is 198 g/mol. The highest BCUT2D eigenvalue weighted by Crippen LogP contribution is 2.20. The van der Waals surface area contributed by atoms with Crippen LogP contribution < -0.4 is 5.32 Å². The molecule has 1 aromatic rings. The van der Waals surface area contributed by atoms with Crippen LogP contribution in [0.3, 0.4) is 0 Å². The van der Waals surface area contributed by atoms with Crippen molar-refractivity contribution >= 4 is 11.6 Å². The summed E-state index contributed by atoms with van der Waals surface area (Å²) in [5.74, 6) is 0.0983. The number of carbonyl (C=O) groups is 1. The summed E-state index contributed by atoms with van der Waals surface area (Å²) < 4.78 is 0. The summed E-state index contributed by atoms with van der Waals surface area (Å²) in [7, 11) is 0. The molecule has 92 valence electrons. The Balaban J connectivity index is 0. The molecule has 1 aliphatic heterocycles. The number of anilines is 1. The molecule has 0 bridgehead atoms. The van der Waals surface area contributed by atoms with Crippen molar-refractivity contribution in [2.75, 3.05) is 5.32 Å². The maximum absolute atomic E-state index is 10.8. The minimum atomic E-state index is 0.0983. The molecule has 0 unspecified atom stereocenters. The number of fused-ring (bicyclic) bond motifs is 1. The Morgan fingerprint density at radius 2 is 1.44 bits per heavy atom. The lowest BCUT2D eigenvalue weighted by molar-refractivity contribution is -0.115. The first kappa shape index (κ1) is 17.1. The van der Waals surface area contributed by atoms with Crippen LogP contribution in [0, 0.1) is 0 Å². The maximum Gasteiger partial charge on any atom is 0.228 e. The number of rotatable bonds is 0. The van der Waals surface area contributed by atoms with Gasteiger partial charge >= 0.3 is 0 Å². The highest BCUT2D eigenvalue weighted by atomic mass is 16.1. The standard InChI is InChI=1S/C8H7NO.3C2H6/c10-8-5-6-3-1-2-4-7(6)9-8;3*1-2/h1-4H,5H2,(H,9,10);3*1-2H3. The van der Waals surface area contributed by atoms with E-state index in [1.54, 1.807) is 0 Å². The van der Waals surface area contributed by atoms with Gasteiger partial charge < -0.3 is 5.32 Å². The van der Waals surface area contributed by atoms with Crippen molar-refractivity contribution in [1.82, 2.24) is 0 Å². The van der Waals surface area contributed by atoms with E-state index in [1.165, 1.54) is 0 Å². The lowest BCUT2D eigenvalue weighted by atomic mass is 10.2. The maximum atomic E-state index is 10.8. The van der Waals surface area contributed by atoms with Crippen molar-refractivity contribution in [3.05, 3.63) is 29.8 Å². The second kappa shape index (κ2) is 11.8. The van der Waals surface area contributed by atoms with E-state index in [1.807, 2.05) is 65.8 Å². The summed E-state index contributed by atoms with van der Waals surface area (Å²) in [6.07, 6.45) is 0.538. The molecule has 0 aromatic heterocycles. The first-order chi connectivity index (χ1) is 7.86. The van der Waals surface area contributed by atoms with Crippen LogP contribution in [0.5, 0.6) is 0 Å². The molecule has 2 heteroatoms. The molecular formula is C14H25NO. The highest BCUT2D eigenvalue weighted by molar-refractivity contribution is 5.98. The van der Waals surface area contributed by atoms with E-state index >= 15 is 0 Å². The van der Waals surface area contributed by atoms with Crippen LogP contribution in [0.4, 0.5) is 5.69 Å². The van der Waals surface area contributed by atoms with Crippen molar-refractivity contribution < 1.29 is 4.79 Å². The van der Waals surface area contributed by atoms with Crippen molar-refractivity contribution in [2.24, 2.45) is 0 Å². The zero-order valence-electron chi connectivity index (χ0n) is 11.4. The molecule has 0 atom stereocenters. The molecule has 2 rings (SSSR count). The topological polar surface area (TPSA) is 29.1 Å². The zero-order valence-corrected chi connectivity index (χ0v) is 11.4. The average molecular weight is 223 g/mol. The van der Waals surface area contributed by atoms with Gasteiger partial charge in [0.25, 0.3) is 0 Å². The summed E-state index contributed by atoms with van der Waals surface area (Å²) in [6, 6.07) is 7.75. The van der Waals surface area contributed by atoms with Crippen LogP contribution in [0.15, 0.2) is 24.3 Å². The SMILES string of the molecule is CC.CC.CC.O=C1Cc2ccccc2N1. The van der Waals surface area contributed by atoms with Crippen molar-refractivity contribution in [1.29, 1.82) is 0 Å². The zero-order chi connectivity index (χ0) is 13.0. The summed E-state index contributed by atoms with van der Waals surface area (Å²) in [6.45, 7) is 12.0. The van der Waals surface area contributed by atoms with Gasteiger partial charge in [0.05, 0.1) is 6.42 Å². The van der Waals surface area contributed by atoms with Crippen LogP contribution in [-0.2, 0) is 11.2 Å². The summed E-state index contributed by atoms with van der Waals surface area (Å²) in [5, 5.41) is 2.76. The molecule has 1 amide bonds. The quantitative estimate of drug-likeness (QED) is 0.699. The van der Waals surface area contributed by atoms with Crippen LogP contribution in [0.1, 0.15) is 47.1 Å². The molecule has 0 saturated heterocycles. The molecule has 1 aromatic carbocycles. The first-order valence-electron chi connectivity index (χ1n) is 6.24. The molecule has 1 aliphatic rings. The van der Waals surface area contributed by atoms with Crippen LogP contribution >= 0.6 is 0 Å². The smallest absolute Gasteiger partial charge is 0.228 e. The van der Waals surface area contributed by atoms with Gasteiger partial charge in [-0.05, 0) is 11.6 Å². The number of benzene rings is 1. The highest BCUT2D eigenvalue weighted by Gasteiger charge is 2.15. The van der Waals surface area contributed by atoms with E-state index in [0.29, 0.717) is 6.42 Å². The molecule has 1 N–H and O–H groups in total. The predicted molar refractivity (Wildman–Crippen MR) is 72.8 cm³/mol. The Kier molecular flexibility index (Phi) is 12.6. The molecule has 0 fully saturated rings. The number of hydrogen-bond donors (Lipinski definition) is 1. The Labute approximate surface area is 100 Å². The summed E-state index contributed by atoms with van der Waals surface area (Å²) in [4.78, 5) is 10.8. The molecule has 0 spiro atoms. The van der Waals surface area contributed by atoms with E-state index in [9.17, 15) is 4.79 Å². The fraction of sp³-hybridized carbons (Fsp3) is 0.500. The number of para-hydroxylation sites is 1. The minimum Gasteiger partial charge on any atom is -0.326 e. The predicted octanol–water partition coefficient (Wildman–Crippen LogP) is 4.26. The second-order valence-electron chi connectivity index (χ2n) is 2.38.